The van der Waals surface area contributed by atoms with Gasteiger partial charge in [0.05, 0.1) is 23.9 Å². The lowest BCUT2D eigenvalue weighted by Crippen LogP contribution is -2.26. The molecule has 5 nitrogen and oxygen atoms in total. The predicted octanol–water partition coefficient (Wildman–Crippen LogP) is 1.69. The van der Waals surface area contributed by atoms with Crippen LogP contribution in [0.1, 0.15) is 32.4 Å². The number of nitrogen functional groups attached to an aromatic ring is 1. The first-order valence-electron chi connectivity index (χ1n) is 6.08. The van der Waals surface area contributed by atoms with E-state index in [4.69, 9.17) is 11.0 Å². The van der Waals surface area contributed by atoms with Crippen LogP contribution in [0.5, 0.6) is 0 Å². The second-order valence-corrected chi connectivity index (χ2v) is 4.05. The minimum Gasteiger partial charge on any atom is -0.394 e. The van der Waals surface area contributed by atoms with Crippen LogP contribution < -0.4 is 10.6 Å². The number of hydrogen-bond acceptors (Lipinski definition) is 4. The largest absolute Gasteiger partial charge is 0.394 e. The fraction of sp³-hybridized carbons (Fsp3) is 0.667. The van der Waals surface area contributed by atoms with E-state index in [9.17, 15) is 0 Å². The maximum atomic E-state index is 8.66. The molecule has 0 aliphatic rings. The van der Waals surface area contributed by atoms with E-state index in [1.807, 2.05) is 11.7 Å². The van der Waals surface area contributed by atoms with Gasteiger partial charge in [-0.3, -0.25) is 4.68 Å². The van der Waals surface area contributed by atoms with Crippen molar-refractivity contribution >= 4 is 11.5 Å². The van der Waals surface area contributed by atoms with Crippen LogP contribution in [0.3, 0.4) is 0 Å². The molecule has 1 rings (SSSR count). The smallest absolute Gasteiger partial charge is 0.150 e. The van der Waals surface area contributed by atoms with Crippen LogP contribution in [-0.2, 0) is 13.5 Å². The Kier molecular flexibility index (Phi) is 4.83. The Morgan fingerprint density at radius 1 is 1.47 bits per heavy atom. The fourth-order valence-corrected chi connectivity index (χ4v) is 1.98. The van der Waals surface area contributed by atoms with Crippen molar-refractivity contribution in [3.8, 4) is 6.07 Å². The molecule has 0 saturated heterocycles. The predicted molar refractivity (Wildman–Crippen MR) is 69.7 cm³/mol. The summed E-state index contributed by atoms with van der Waals surface area (Å²) in [6.07, 6.45) is 2.43. The maximum absolute atomic E-state index is 8.66. The molecule has 5 heteroatoms. The number of aromatic nitrogens is 2. The third-order valence-electron chi connectivity index (χ3n) is 2.79. The van der Waals surface area contributed by atoms with E-state index < -0.39 is 0 Å². The molecule has 0 spiro atoms. The molecule has 1 aromatic rings. The van der Waals surface area contributed by atoms with Gasteiger partial charge in [0.25, 0.3) is 0 Å². The molecule has 0 aliphatic heterocycles. The molecule has 0 saturated carbocycles. The molecule has 0 bridgehead atoms. The highest BCUT2D eigenvalue weighted by Gasteiger charge is 2.17. The summed E-state index contributed by atoms with van der Waals surface area (Å²) < 4.78 is 1.82. The Labute approximate surface area is 103 Å². The van der Waals surface area contributed by atoms with Crippen molar-refractivity contribution in [1.29, 1.82) is 5.26 Å². The lowest BCUT2D eigenvalue weighted by atomic mass is 10.2. The lowest BCUT2D eigenvalue weighted by molar-refractivity contribution is 0.697. The van der Waals surface area contributed by atoms with E-state index in [-0.39, 0.29) is 0 Å². The zero-order chi connectivity index (χ0) is 12.8. The number of anilines is 2. The molecule has 0 atom stereocenters. The van der Waals surface area contributed by atoms with Crippen LogP contribution in [0.15, 0.2) is 0 Å². The van der Waals surface area contributed by atoms with Gasteiger partial charge in [0, 0.05) is 20.1 Å². The summed E-state index contributed by atoms with van der Waals surface area (Å²) >= 11 is 0. The van der Waals surface area contributed by atoms with Gasteiger partial charge < -0.3 is 10.6 Å². The van der Waals surface area contributed by atoms with Crippen molar-refractivity contribution < 1.29 is 0 Å². The van der Waals surface area contributed by atoms with Crippen LogP contribution in [0, 0.1) is 11.3 Å². The molecule has 0 fully saturated rings. The molecule has 1 aromatic heterocycles. The Morgan fingerprint density at radius 2 is 2.18 bits per heavy atom. The highest BCUT2D eigenvalue weighted by atomic mass is 15.4. The third-order valence-corrected chi connectivity index (χ3v) is 2.79. The van der Waals surface area contributed by atoms with Gasteiger partial charge in [0.2, 0.25) is 0 Å². The number of nitrogens with two attached hydrogens (primary N) is 1. The second kappa shape index (κ2) is 6.14. The maximum Gasteiger partial charge on any atom is 0.150 e. The number of aryl methyl sites for hydroxylation is 2. The minimum atomic E-state index is 0.502. The van der Waals surface area contributed by atoms with Crippen molar-refractivity contribution in [2.75, 3.05) is 23.7 Å². The third kappa shape index (κ3) is 2.90. The summed E-state index contributed by atoms with van der Waals surface area (Å²) in [6.45, 7) is 5.70. The summed E-state index contributed by atoms with van der Waals surface area (Å²) in [4.78, 5) is 2.10. The van der Waals surface area contributed by atoms with Crippen LogP contribution in [0.2, 0.25) is 0 Å². The van der Waals surface area contributed by atoms with E-state index in [2.05, 4.69) is 29.9 Å². The molecule has 17 heavy (non-hydrogen) atoms. The van der Waals surface area contributed by atoms with Crippen molar-refractivity contribution in [2.45, 2.75) is 33.1 Å². The van der Waals surface area contributed by atoms with Crippen molar-refractivity contribution in [3.63, 3.8) is 0 Å². The second-order valence-electron chi connectivity index (χ2n) is 4.05. The van der Waals surface area contributed by atoms with E-state index in [0.717, 1.165) is 36.6 Å². The van der Waals surface area contributed by atoms with Gasteiger partial charge in [-0.25, -0.2) is 0 Å². The van der Waals surface area contributed by atoms with Gasteiger partial charge in [-0.05, 0) is 13.3 Å². The molecule has 0 unspecified atom stereocenters. The average Bonchev–Trinajstić information content (AvgIpc) is 2.58. The first kappa shape index (κ1) is 13.4. The normalized spacial score (nSPS) is 10.2. The van der Waals surface area contributed by atoms with E-state index in [1.165, 1.54) is 0 Å². The van der Waals surface area contributed by atoms with Gasteiger partial charge in [-0.2, -0.15) is 10.4 Å². The summed E-state index contributed by atoms with van der Waals surface area (Å²) in [5, 5.41) is 13.1. The molecule has 0 radical (unpaired) electrons. The molecule has 0 amide bonds. The molecule has 0 aliphatic carbocycles. The van der Waals surface area contributed by atoms with Crippen LogP contribution >= 0.6 is 0 Å². The lowest BCUT2D eigenvalue weighted by Gasteiger charge is -2.22. The Morgan fingerprint density at radius 3 is 2.71 bits per heavy atom. The zero-order valence-corrected chi connectivity index (χ0v) is 10.9. The van der Waals surface area contributed by atoms with Gasteiger partial charge in [-0.1, -0.05) is 13.3 Å². The first-order valence-corrected chi connectivity index (χ1v) is 6.08. The summed E-state index contributed by atoms with van der Waals surface area (Å²) in [5.41, 5.74) is 7.85. The van der Waals surface area contributed by atoms with E-state index >= 15 is 0 Å². The number of nitrogens with zero attached hydrogens (tertiary/aromatic N) is 4. The van der Waals surface area contributed by atoms with Crippen LogP contribution in [-0.4, -0.2) is 22.9 Å². The molecule has 2 N–H and O–H groups in total. The number of nitriles is 1. The summed E-state index contributed by atoms with van der Waals surface area (Å²) in [5.74, 6) is 0.936. The highest BCUT2D eigenvalue weighted by Crippen LogP contribution is 2.26. The Bertz CT molecular complexity index is 402. The Balaban J connectivity index is 2.98. The highest BCUT2D eigenvalue weighted by molar-refractivity contribution is 5.66. The van der Waals surface area contributed by atoms with Gasteiger partial charge >= 0.3 is 0 Å². The first-order chi connectivity index (χ1) is 8.15. The quantitative estimate of drug-likeness (QED) is 0.814. The number of rotatable bonds is 6. The zero-order valence-electron chi connectivity index (χ0n) is 10.9. The molecular weight excluding hydrogens is 214 g/mol. The fourth-order valence-electron chi connectivity index (χ4n) is 1.98. The topological polar surface area (TPSA) is 70.9 Å². The van der Waals surface area contributed by atoms with E-state index in [1.54, 1.807) is 0 Å². The Hall–Kier alpha value is -1.70. The number of hydrogen-bond donors (Lipinski definition) is 1. The molecule has 0 aromatic carbocycles. The molecular formula is C12H21N5. The van der Waals surface area contributed by atoms with Gasteiger partial charge in [0.15, 0.2) is 0 Å². The van der Waals surface area contributed by atoms with Crippen molar-refractivity contribution in [2.24, 2.45) is 7.05 Å². The minimum absolute atomic E-state index is 0.502. The molecule has 94 valence electrons. The van der Waals surface area contributed by atoms with Gasteiger partial charge in [-0.15, -0.1) is 0 Å². The van der Waals surface area contributed by atoms with Crippen molar-refractivity contribution in [3.05, 3.63) is 5.69 Å². The monoisotopic (exact) mass is 235 g/mol. The van der Waals surface area contributed by atoms with E-state index in [0.29, 0.717) is 13.0 Å². The van der Waals surface area contributed by atoms with Gasteiger partial charge in [0.1, 0.15) is 5.82 Å². The molecule has 1 heterocycles. The standard InChI is InChI=1S/C12H21N5/c1-4-7-10-11(14)12(16(3)15-10)17(5-2)9-6-8-13/h4-7,9,14H2,1-3H3. The van der Waals surface area contributed by atoms with Crippen molar-refractivity contribution in [1.82, 2.24) is 9.78 Å². The van der Waals surface area contributed by atoms with Crippen LogP contribution in [0.25, 0.3) is 0 Å². The SMILES string of the molecule is CCCc1nn(C)c(N(CC)CCC#N)c1N. The average molecular weight is 235 g/mol. The van der Waals surface area contributed by atoms with Crippen LogP contribution in [0.4, 0.5) is 11.5 Å². The summed E-state index contributed by atoms with van der Waals surface area (Å²) in [7, 11) is 1.90. The summed E-state index contributed by atoms with van der Waals surface area (Å²) in [6, 6.07) is 2.16.